The van der Waals surface area contributed by atoms with Crippen LogP contribution in [0.15, 0.2) is 12.3 Å². The number of carboxylic acids is 1. The minimum Gasteiger partial charge on any atom is -0.481 e. The van der Waals surface area contributed by atoms with Crippen molar-refractivity contribution in [2.45, 2.75) is 32.2 Å². The van der Waals surface area contributed by atoms with Crippen LogP contribution < -0.4 is 5.32 Å². The average Bonchev–Trinajstić information content (AvgIpc) is 2.29. The van der Waals surface area contributed by atoms with Crippen LogP contribution in [0.2, 0.25) is 0 Å². The van der Waals surface area contributed by atoms with Gasteiger partial charge in [-0.1, -0.05) is 0 Å². The number of carbonyl (C=O) groups is 1. The van der Waals surface area contributed by atoms with Crippen molar-refractivity contribution < 1.29 is 9.90 Å². The molecule has 0 amide bonds. The zero-order chi connectivity index (χ0) is 12.7. The number of hydrogen-bond donors (Lipinski definition) is 2. The molecule has 1 aromatic rings. The van der Waals surface area contributed by atoms with Crippen molar-refractivity contribution in [3.05, 3.63) is 17.8 Å². The van der Waals surface area contributed by atoms with Crippen LogP contribution in [0.5, 0.6) is 0 Å². The topological polar surface area (TPSA) is 98.9 Å². The summed E-state index contributed by atoms with van der Waals surface area (Å²) in [5.74, 6) is -0.354. The van der Waals surface area contributed by atoms with Gasteiger partial charge < -0.3 is 10.4 Å². The minimum atomic E-state index is -0.797. The van der Waals surface area contributed by atoms with E-state index in [4.69, 9.17) is 10.4 Å². The number of aliphatic carboxylic acids is 1. The lowest BCUT2D eigenvalue weighted by atomic mass is 10.1. The monoisotopic (exact) mass is 234 g/mol. The lowest BCUT2D eigenvalue weighted by Gasteiger charge is -2.13. The van der Waals surface area contributed by atoms with Crippen molar-refractivity contribution in [1.29, 1.82) is 5.26 Å². The molecule has 6 heteroatoms. The third-order valence-electron chi connectivity index (χ3n) is 2.25. The van der Waals surface area contributed by atoms with Gasteiger partial charge in [-0.15, -0.1) is 5.10 Å². The SMILES string of the molecule is CC(CCCC(=O)O)Nc1nnccc1C#N. The molecule has 6 nitrogen and oxygen atoms in total. The van der Waals surface area contributed by atoms with Gasteiger partial charge in [0.05, 0.1) is 11.8 Å². The molecule has 0 aliphatic heterocycles. The predicted molar refractivity (Wildman–Crippen MR) is 61.3 cm³/mol. The summed E-state index contributed by atoms with van der Waals surface area (Å²) in [6.07, 6.45) is 2.90. The molecular formula is C11H14N4O2. The van der Waals surface area contributed by atoms with Gasteiger partial charge in [-0.2, -0.15) is 10.4 Å². The predicted octanol–water partition coefficient (Wildman–Crippen LogP) is 1.40. The van der Waals surface area contributed by atoms with Crippen LogP contribution in [0.25, 0.3) is 0 Å². The third-order valence-corrected chi connectivity index (χ3v) is 2.25. The molecule has 0 fully saturated rings. The van der Waals surface area contributed by atoms with E-state index in [0.717, 1.165) is 0 Å². The van der Waals surface area contributed by atoms with Gasteiger partial charge in [0.2, 0.25) is 0 Å². The number of carboxylic acid groups (broad SMARTS) is 1. The lowest BCUT2D eigenvalue weighted by Crippen LogP contribution is -2.17. The Bertz CT molecular complexity index is 428. The molecule has 90 valence electrons. The summed E-state index contributed by atoms with van der Waals surface area (Å²) in [6, 6.07) is 3.65. The number of hydrogen-bond acceptors (Lipinski definition) is 5. The van der Waals surface area contributed by atoms with Gasteiger partial charge in [-0.25, -0.2) is 0 Å². The number of rotatable bonds is 6. The molecule has 0 saturated heterocycles. The van der Waals surface area contributed by atoms with E-state index >= 15 is 0 Å². The standard InChI is InChI=1S/C11H14N4O2/c1-8(3-2-4-10(16)17)14-11-9(7-12)5-6-13-15-11/h5-6,8H,2-4H2,1H3,(H,14,15)(H,16,17). The molecule has 0 saturated carbocycles. The molecule has 1 unspecified atom stereocenters. The van der Waals surface area contributed by atoms with Crippen LogP contribution in [0.3, 0.4) is 0 Å². The molecule has 0 aromatic carbocycles. The van der Waals surface area contributed by atoms with Gasteiger partial charge in [-0.05, 0) is 25.8 Å². The van der Waals surface area contributed by atoms with Crippen LogP contribution >= 0.6 is 0 Å². The molecule has 1 rings (SSSR count). The Kier molecular flexibility index (Phi) is 4.88. The van der Waals surface area contributed by atoms with E-state index in [1.807, 2.05) is 13.0 Å². The molecule has 0 radical (unpaired) electrons. The number of nitrogens with one attached hydrogen (secondary N) is 1. The normalized spacial score (nSPS) is 11.5. The number of nitrogens with zero attached hydrogens (tertiary/aromatic N) is 3. The van der Waals surface area contributed by atoms with Crippen molar-refractivity contribution in [1.82, 2.24) is 10.2 Å². The molecular weight excluding hydrogens is 220 g/mol. The van der Waals surface area contributed by atoms with Gasteiger partial charge in [-0.3, -0.25) is 4.79 Å². The maximum Gasteiger partial charge on any atom is 0.303 e. The second kappa shape index (κ2) is 6.43. The van der Waals surface area contributed by atoms with Crippen molar-refractivity contribution in [2.24, 2.45) is 0 Å². The highest BCUT2D eigenvalue weighted by Gasteiger charge is 2.08. The summed E-state index contributed by atoms with van der Waals surface area (Å²) in [5.41, 5.74) is 0.435. The number of anilines is 1. The second-order valence-electron chi connectivity index (χ2n) is 3.74. The molecule has 1 aromatic heterocycles. The van der Waals surface area contributed by atoms with Crippen LogP contribution in [0, 0.1) is 11.3 Å². The Morgan fingerprint density at radius 1 is 1.71 bits per heavy atom. The highest BCUT2D eigenvalue weighted by atomic mass is 16.4. The highest BCUT2D eigenvalue weighted by Crippen LogP contribution is 2.12. The van der Waals surface area contributed by atoms with Crippen LogP contribution in [-0.2, 0) is 4.79 Å². The largest absolute Gasteiger partial charge is 0.481 e. The van der Waals surface area contributed by atoms with Crippen molar-refractivity contribution >= 4 is 11.8 Å². The second-order valence-corrected chi connectivity index (χ2v) is 3.74. The maximum atomic E-state index is 10.4. The lowest BCUT2D eigenvalue weighted by molar-refractivity contribution is -0.137. The summed E-state index contributed by atoms with van der Waals surface area (Å²) in [5, 5.41) is 27.9. The van der Waals surface area contributed by atoms with Crippen LogP contribution in [0.4, 0.5) is 5.82 Å². The van der Waals surface area contributed by atoms with E-state index in [0.29, 0.717) is 24.2 Å². The van der Waals surface area contributed by atoms with Gasteiger partial charge in [0, 0.05) is 12.5 Å². The van der Waals surface area contributed by atoms with E-state index in [-0.39, 0.29) is 12.5 Å². The first-order valence-electron chi connectivity index (χ1n) is 5.33. The van der Waals surface area contributed by atoms with Crippen LogP contribution in [-0.4, -0.2) is 27.3 Å². The molecule has 1 heterocycles. The number of nitriles is 1. The molecule has 0 spiro atoms. The first kappa shape index (κ1) is 12.9. The summed E-state index contributed by atoms with van der Waals surface area (Å²) in [4.78, 5) is 10.4. The maximum absolute atomic E-state index is 10.4. The van der Waals surface area contributed by atoms with E-state index in [1.54, 1.807) is 6.07 Å². The van der Waals surface area contributed by atoms with E-state index in [9.17, 15) is 4.79 Å². The van der Waals surface area contributed by atoms with E-state index < -0.39 is 5.97 Å². The van der Waals surface area contributed by atoms with Gasteiger partial charge in [0.25, 0.3) is 0 Å². The molecule has 17 heavy (non-hydrogen) atoms. The van der Waals surface area contributed by atoms with Gasteiger partial charge in [0.1, 0.15) is 6.07 Å². The summed E-state index contributed by atoms with van der Waals surface area (Å²) in [7, 11) is 0. The van der Waals surface area contributed by atoms with E-state index in [2.05, 4.69) is 15.5 Å². The van der Waals surface area contributed by atoms with Crippen LogP contribution in [0.1, 0.15) is 31.7 Å². The fourth-order valence-corrected chi connectivity index (χ4v) is 1.39. The Hall–Kier alpha value is -2.16. The average molecular weight is 234 g/mol. The molecule has 2 N–H and O–H groups in total. The highest BCUT2D eigenvalue weighted by molar-refractivity contribution is 5.66. The summed E-state index contributed by atoms with van der Waals surface area (Å²) < 4.78 is 0. The first-order valence-corrected chi connectivity index (χ1v) is 5.33. The van der Waals surface area contributed by atoms with Gasteiger partial charge in [0.15, 0.2) is 5.82 Å². The Morgan fingerprint density at radius 2 is 2.47 bits per heavy atom. The zero-order valence-electron chi connectivity index (χ0n) is 9.55. The molecule has 0 aliphatic rings. The van der Waals surface area contributed by atoms with Crippen molar-refractivity contribution in [3.8, 4) is 6.07 Å². The number of aromatic nitrogens is 2. The zero-order valence-corrected chi connectivity index (χ0v) is 9.55. The fraction of sp³-hybridized carbons (Fsp3) is 0.455. The third kappa shape index (κ3) is 4.47. The smallest absolute Gasteiger partial charge is 0.303 e. The van der Waals surface area contributed by atoms with Crippen molar-refractivity contribution in [3.63, 3.8) is 0 Å². The molecule has 0 aliphatic carbocycles. The quantitative estimate of drug-likeness (QED) is 0.771. The fourth-order valence-electron chi connectivity index (χ4n) is 1.39. The Morgan fingerprint density at radius 3 is 3.12 bits per heavy atom. The van der Waals surface area contributed by atoms with Gasteiger partial charge >= 0.3 is 5.97 Å². The Labute approximate surface area is 99.3 Å². The summed E-state index contributed by atoms with van der Waals surface area (Å²) >= 11 is 0. The van der Waals surface area contributed by atoms with Crippen molar-refractivity contribution in [2.75, 3.05) is 5.32 Å². The summed E-state index contributed by atoms with van der Waals surface area (Å²) in [6.45, 7) is 1.91. The molecule has 1 atom stereocenters. The minimum absolute atomic E-state index is 0.0538. The van der Waals surface area contributed by atoms with E-state index in [1.165, 1.54) is 6.20 Å². The molecule has 0 bridgehead atoms. The Balaban J connectivity index is 2.48. The first-order chi connectivity index (χ1) is 8.13.